The van der Waals surface area contributed by atoms with E-state index in [1.54, 1.807) is 0 Å². The molecule has 0 bridgehead atoms. The lowest BCUT2D eigenvalue weighted by atomic mass is 10.1. The van der Waals surface area contributed by atoms with Crippen molar-refractivity contribution < 1.29 is 0 Å². The Morgan fingerprint density at radius 1 is 0.875 bits per heavy atom. The fraction of sp³-hybridized carbons (Fsp3) is 1.00. The Kier molecular flexibility index (Phi) is 4.09. The van der Waals surface area contributed by atoms with Crippen LogP contribution in [0.3, 0.4) is 0 Å². The van der Waals surface area contributed by atoms with Gasteiger partial charge >= 0.3 is 0 Å². The molecular formula is C13H28N2Si. The van der Waals surface area contributed by atoms with Gasteiger partial charge < -0.3 is 4.57 Å². The first kappa shape index (κ1) is 12.6. The van der Waals surface area contributed by atoms with Crippen LogP contribution in [-0.4, -0.2) is 43.5 Å². The summed E-state index contributed by atoms with van der Waals surface area (Å²) in [6, 6.07) is 1.51. The van der Waals surface area contributed by atoms with Gasteiger partial charge in [-0.3, -0.25) is 4.90 Å². The minimum absolute atomic E-state index is 0.710. The van der Waals surface area contributed by atoms with Crippen LogP contribution in [0, 0.1) is 0 Å². The molecular weight excluding hydrogens is 212 g/mol. The van der Waals surface area contributed by atoms with Crippen molar-refractivity contribution in [3.8, 4) is 0 Å². The molecule has 0 saturated carbocycles. The zero-order chi connectivity index (χ0) is 11.6. The number of hydrogen-bond acceptors (Lipinski definition) is 2. The summed E-state index contributed by atoms with van der Waals surface area (Å²) in [5.74, 6) is 0. The van der Waals surface area contributed by atoms with E-state index >= 15 is 0 Å². The molecule has 2 aliphatic heterocycles. The predicted octanol–water partition coefficient (Wildman–Crippen LogP) is 3.12. The van der Waals surface area contributed by atoms with Crippen molar-refractivity contribution in [1.82, 2.24) is 9.47 Å². The number of likely N-dealkylation sites (tertiary alicyclic amines) is 1. The van der Waals surface area contributed by atoms with E-state index in [0.717, 1.165) is 0 Å². The van der Waals surface area contributed by atoms with E-state index in [0.29, 0.717) is 6.17 Å². The Hall–Kier alpha value is 0.137. The van der Waals surface area contributed by atoms with Crippen LogP contribution in [0.25, 0.3) is 0 Å². The molecule has 0 aromatic heterocycles. The van der Waals surface area contributed by atoms with Gasteiger partial charge in [-0.25, -0.2) is 0 Å². The fourth-order valence-electron chi connectivity index (χ4n) is 3.47. The van der Waals surface area contributed by atoms with E-state index in [-0.39, 0.29) is 0 Å². The highest BCUT2D eigenvalue weighted by Gasteiger charge is 2.36. The number of piperidine rings is 1. The molecule has 16 heavy (non-hydrogen) atoms. The van der Waals surface area contributed by atoms with Crippen LogP contribution in [-0.2, 0) is 0 Å². The monoisotopic (exact) mass is 240 g/mol. The molecule has 0 aliphatic carbocycles. The Bertz CT molecular complexity index is 224. The second-order valence-corrected chi connectivity index (χ2v) is 10.9. The molecule has 1 unspecified atom stereocenters. The standard InChI is InChI=1S/C13H28N2Si/c1-13(14-9-5-4-6-10-14)15-11-7-8-12-16(15,2)3/h13H,4-12H2,1-3H3. The Balaban J connectivity index is 1.98. The van der Waals surface area contributed by atoms with E-state index in [9.17, 15) is 0 Å². The van der Waals surface area contributed by atoms with Gasteiger partial charge in [0.2, 0.25) is 0 Å². The average molecular weight is 240 g/mol. The number of rotatable bonds is 2. The molecule has 2 aliphatic rings. The predicted molar refractivity (Wildman–Crippen MR) is 73.1 cm³/mol. The molecule has 2 saturated heterocycles. The summed E-state index contributed by atoms with van der Waals surface area (Å²) >= 11 is 0. The second kappa shape index (κ2) is 5.19. The topological polar surface area (TPSA) is 6.48 Å². The molecule has 2 nitrogen and oxygen atoms in total. The number of hydrogen-bond donors (Lipinski definition) is 0. The molecule has 0 radical (unpaired) electrons. The van der Waals surface area contributed by atoms with Crippen LogP contribution in [0.4, 0.5) is 0 Å². The van der Waals surface area contributed by atoms with Crippen LogP contribution in [0.1, 0.15) is 39.0 Å². The summed E-state index contributed by atoms with van der Waals surface area (Å²) in [5, 5.41) is 0. The van der Waals surface area contributed by atoms with E-state index in [4.69, 9.17) is 0 Å². The van der Waals surface area contributed by atoms with E-state index in [1.165, 1.54) is 57.8 Å². The van der Waals surface area contributed by atoms with Gasteiger partial charge in [0.25, 0.3) is 0 Å². The largest absolute Gasteiger partial charge is 0.309 e. The Morgan fingerprint density at radius 2 is 1.50 bits per heavy atom. The zero-order valence-corrected chi connectivity index (χ0v) is 12.3. The fourth-order valence-corrected chi connectivity index (χ4v) is 6.81. The molecule has 3 heteroatoms. The first-order chi connectivity index (χ1) is 7.61. The SMILES string of the molecule is CC(N1CCCCC1)N1CCCC[Si]1(C)C. The van der Waals surface area contributed by atoms with Gasteiger partial charge in [0.1, 0.15) is 8.24 Å². The molecule has 2 fully saturated rings. The van der Waals surface area contributed by atoms with Gasteiger partial charge in [-0.1, -0.05) is 25.9 Å². The van der Waals surface area contributed by atoms with Gasteiger partial charge in [-0.15, -0.1) is 0 Å². The average Bonchev–Trinajstić information content (AvgIpc) is 2.29. The van der Waals surface area contributed by atoms with Crippen molar-refractivity contribution >= 4 is 8.24 Å². The molecule has 0 N–H and O–H groups in total. The lowest BCUT2D eigenvalue weighted by Crippen LogP contribution is -2.61. The van der Waals surface area contributed by atoms with E-state index in [2.05, 4.69) is 29.5 Å². The third kappa shape index (κ3) is 2.69. The summed E-state index contributed by atoms with van der Waals surface area (Å²) in [5.41, 5.74) is 0. The molecule has 2 rings (SSSR count). The maximum absolute atomic E-state index is 2.88. The zero-order valence-electron chi connectivity index (χ0n) is 11.3. The molecule has 1 atom stereocenters. The first-order valence-corrected chi connectivity index (χ1v) is 10.3. The molecule has 94 valence electrons. The Morgan fingerprint density at radius 3 is 2.12 bits per heavy atom. The highest BCUT2D eigenvalue weighted by Crippen LogP contribution is 2.28. The van der Waals surface area contributed by atoms with Crippen LogP contribution >= 0.6 is 0 Å². The van der Waals surface area contributed by atoms with Crippen LogP contribution in [0.5, 0.6) is 0 Å². The highest BCUT2D eigenvalue weighted by molar-refractivity contribution is 6.74. The minimum atomic E-state index is -1.08. The lowest BCUT2D eigenvalue weighted by molar-refractivity contribution is 0.0824. The summed E-state index contributed by atoms with van der Waals surface area (Å²) in [6.45, 7) is 11.6. The van der Waals surface area contributed by atoms with Gasteiger partial charge in [-0.2, -0.15) is 0 Å². The molecule has 0 spiro atoms. The van der Waals surface area contributed by atoms with Crippen molar-refractivity contribution in [2.24, 2.45) is 0 Å². The molecule has 0 aromatic carbocycles. The summed E-state index contributed by atoms with van der Waals surface area (Å²) in [7, 11) is -1.08. The van der Waals surface area contributed by atoms with Crippen LogP contribution in [0.2, 0.25) is 19.1 Å². The maximum Gasteiger partial charge on any atom is 0.123 e. The normalized spacial score (nSPS) is 30.2. The van der Waals surface area contributed by atoms with Gasteiger partial charge in [0, 0.05) is 0 Å². The van der Waals surface area contributed by atoms with Crippen LogP contribution < -0.4 is 0 Å². The third-order valence-electron chi connectivity index (χ3n) is 4.59. The number of nitrogens with zero attached hydrogens (tertiary/aromatic N) is 2. The first-order valence-electron chi connectivity index (χ1n) is 7.12. The molecule has 0 amide bonds. The quantitative estimate of drug-likeness (QED) is 0.684. The Labute approximate surface area is 102 Å². The summed E-state index contributed by atoms with van der Waals surface area (Å²) in [6.07, 6.45) is 7.89. The van der Waals surface area contributed by atoms with E-state index < -0.39 is 8.24 Å². The van der Waals surface area contributed by atoms with Crippen molar-refractivity contribution in [2.45, 2.75) is 64.3 Å². The second-order valence-electron chi connectivity index (χ2n) is 6.19. The molecule has 0 aromatic rings. The van der Waals surface area contributed by atoms with Gasteiger partial charge in [0.05, 0.1) is 6.17 Å². The minimum Gasteiger partial charge on any atom is -0.309 e. The highest BCUT2D eigenvalue weighted by atomic mass is 28.3. The molecule has 2 heterocycles. The summed E-state index contributed by atoms with van der Waals surface area (Å²) < 4.78 is 2.88. The van der Waals surface area contributed by atoms with Gasteiger partial charge in [-0.05, 0) is 51.9 Å². The van der Waals surface area contributed by atoms with Crippen LogP contribution in [0.15, 0.2) is 0 Å². The smallest absolute Gasteiger partial charge is 0.123 e. The van der Waals surface area contributed by atoms with E-state index in [1.807, 2.05) is 0 Å². The lowest BCUT2D eigenvalue weighted by Gasteiger charge is -2.49. The third-order valence-corrected chi connectivity index (χ3v) is 8.31. The van der Waals surface area contributed by atoms with Crippen molar-refractivity contribution in [1.29, 1.82) is 0 Å². The maximum atomic E-state index is 2.88. The van der Waals surface area contributed by atoms with Crippen molar-refractivity contribution in [3.63, 3.8) is 0 Å². The van der Waals surface area contributed by atoms with Crippen molar-refractivity contribution in [2.75, 3.05) is 19.6 Å². The van der Waals surface area contributed by atoms with Crippen molar-refractivity contribution in [3.05, 3.63) is 0 Å². The van der Waals surface area contributed by atoms with Gasteiger partial charge in [0.15, 0.2) is 0 Å². The summed E-state index contributed by atoms with van der Waals surface area (Å²) in [4.78, 5) is 2.73.